The highest BCUT2D eigenvalue weighted by molar-refractivity contribution is 7.84. The van der Waals surface area contributed by atoms with E-state index in [1.165, 1.54) is 0 Å². The molecule has 0 aromatic rings. The van der Waals surface area contributed by atoms with E-state index in [1.54, 1.807) is 0 Å². The van der Waals surface area contributed by atoms with E-state index in [9.17, 15) is 37.6 Å². The zero-order chi connectivity index (χ0) is 15.7. The van der Waals surface area contributed by atoms with Crippen LogP contribution in [0.5, 0.6) is 0 Å². The van der Waals surface area contributed by atoms with Crippen LogP contribution >= 0.6 is 0 Å². The van der Waals surface area contributed by atoms with Crippen molar-refractivity contribution in [1.82, 2.24) is 0 Å². The first kappa shape index (κ1) is 17.8. The Kier molecular flexibility index (Phi) is 5.55. The molecule has 2 unspecified atom stereocenters. The van der Waals surface area contributed by atoms with Gasteiger partial charge in [-0.15, -0.1) is 0 Å². The normalized spacial score (nSPS) is 38.4. The molecule has 12 nitrogen and oxygen atoms in total. The maximum Gasteiger partial charge on any atom is 0.335 e. The van der Waals surface area contributed by atoms with Gasteiger partial charge in [0.2, 0.25) is 12.1 Å². The van der Waals surface area contributed by atoms with E-state index in [-0.39, 0.29) is 0 Å². The van der Waals surface area contributed by atoms with Crippen molar-refractivity contribution < 1.29 is 50.7 Å². The van der Waals surface area contributed by atoms with Gasteiger partial charge < -0.3 is 29.7 Å². The average molecular weight is 338 g/mol. The predicted octanol–water partition coefficient (Wildman–Crippen LogP) is -4.86. The Hall–Kier alpha value is -0.260. The van der Waals surface area contributed by atoms with Gasteiger partial charge in [0.05, 0.1) is 18.0 Å². The van der Waals surface area contributed by atoms with Gasteiger partial charge in [0.25, 0.3) is 0 Å². The maximum absolute atomic E-state index is 10.6. The summed E-state index contributed by atoms with van der Waals surface area (Å²) in [7, 11) is -4.70. The van der Waals surface area contributed by atoms with E-state index < -0.39 is 58.7 Å². The summed E-state index contributed by atoms with van der Waals surface area (Å²) in [6, 6.07) is 0. The van der Waals surface area contributed by atoms with Gasteiger partial charge in [0.15, 0.2) is 0 Å². The zero-order valence-electron chi connectivity index (χ0n) is 9.56. The summed E-state index contributed by atoms with van der Waals surface area (Å²) in [5.41, 5.74) is 0. The molecule has 1 rings (SSSR count). The van der Waals surface area contributed by atoms with Gasteiger partial charge >= 0.3 is 10.3 Å². The van der Waals surface area contributed by atoms with Gasteiger partial charge in [-0.05, 0) is 0 Å². The summed E-state index contributed by atoms with van der Waals surface area (Å²) in [5, 5.41) is 42.6. The molecule has 0 radical (unpaired) electrons. The SMILES string of the molecule is NS(=O)(=O)OC(O)[C@]1(O)OC[C@H](OS(=O)[O-])[C@H](O)[C@H]1O. The number of aliphatic hydroxyl groups excluding tert-OH is 3. The van der Waals surface area contributed by atoms with Crippen LogP contribution < -0.4 is 5.14 Å². The second-order valence-corrected chi connectivity index (χ2v) is 5.56. The van der Waals surface area contributed by atoms with E-state index in [0.29, 0.717) is 0 Å². The van der Waals surface area contributed by atoms with Crippen molar-refractivity contribution in [3.8, 4) is 0 Å². The fourth-order valence-electron chi connectivity index (χ4n) is 1.45. The van der Waals surface area contributed by atoms with Crippen molar-refractivity contribution in [1.29, 1.82) is 0 Å². The van der Waals surface area contributed by atoms with Crippen molar-refractivity contribution in [3.05, 3.63) is 0 Å². The molecule has 0 saturated carbocycles. The lowest BCUT2D eigenvalue weighted by atomic mass is 9.96. The third kappa shape index (κ3) is 4.12. The number of hydrogen-bond acceptors (Lipinski definition) is 11. The minimum absolute atomic E-state index is 0.798. The largest absolute Gasteiger partial charge is 0.750 e. The van der Waals surface area contributed by atoms with Gasteiger partial charge in [-0.3, -0.25) is 4.18 Å². The second kappa shape index (κ2) is 6.24. The summed E-state index contributed by atoms with van der Waals surface area (Å²) in [6.45, 7) is -0.798. The van der Waals surface area contributed by atoms with Gasteiger partial charge in [-0.1, -0.05) is 0 Å². The minimum Gasteiger partial charge on any atom is -0.750 e. The van der Waals surface area contributed by atoms with Crippen LogP contribution in [-0.4, -0.2) is 74.6 Å². The molecule has 0 aliphatic carbocycles. The van der Waals surface area contributed by atoms with Crippen molar-refractivity contribution in [2.45, 2.75) is 30.4 Å². The lowest BCUT2D eigenvalue weighted by molar-refractivity contribution is -0.376. The molecule has 0 bridgehead atoms. The van der Waals surface area contributed by atoms with Crippen LogP contribution in [0.3, 0.4) is 0 Å². The third-order valence-corrected chi connectivity index (χ3v) is 3.24. The first-order chi connectivity index (χ1) is 8.97. The monoisotopic (exact) mass is 338 g/mol. The molecule has 0 aromatic carbocycles. The predicted molar refractivity (Wildman–Crippen MR) is 56.9 cm³/mol. The Balaban J connectivity index is 2.86. The quantitative estimate of drug-likeness (QED) is 0.237. The molecule has 6 N–H and O–H groups in total. The Bertz CT molecular complexity index is 468. The fraction of sp³-hybridized carbons (Fsp3) is 1.00. The first-order valence-corrected chi connectivity index (χ1v) is 7.32. The highest BCUT2D eigenvalue weighted by Crippen LogP contribution is 2.29. The third-order valence-electron chi connectivity index (χ3n) is 2.39. The van der Waals surface area contributed by atoms with Crippen molar-refractivity contribution in [2.24, 2.45) is 5.14 Å². The zero-order valence-corrected chi connectivity index (χ0v) is 11.2. The summed E-state index contributed by atoms with van der Waals surface area (Å²) in [6.07, 6.45) is -8.61. The Morgan fingerprint density at radius 3 is 2.50 bits per heavy atom. The van der Waals surface area contributed by atoms with Crippen molar-refractivity contribution in [2.75, 3.05) is 6.61 Å². The number of ether oxygens (including phenoxy) is 1. The van der Waals surface area contributed by atoms with Gasteiger partial charge in [-0.2, -0.15) is 8.42 Å². The molecule has 0 amide bonds. The van der Waals surface area contributed by atoms with E-state index >= 15 is 0 Å². The van der Waals surface area contributed by atoms with Gasteiger partial charge in [0.1, 0.15) is 18.3 Å². The van der Waals surface area contributed by atoms with E-state index in [4.69, 9.17) is 0 Å². The number of aliphatic hydroxyl groups is 4. The molecule has 20 heavy (non-hydrogen) atoms. The number of hydrogen-bond donors (Lipinski definition) is 5. The Morgan fingerprint density at radius 1 is 1.50 bits per heavy atom. The van der Waals surface area contributed by atoms with Crippen LogP contribution in [0.15, 0.2) is 0 Å². The fourth-order valence-corrected chi connectivity index (χ4v) is 2.21. The average Bonchev–Trinajstić information content (AvgIpc) is 2.27. The van der Waals surface area contributed by atoms with Crippen LogP contribution in [0.2, 0.25) is 0 Å². The molecule has 1 saturated heterocycles. The molecule has 1 heterocycles. The summed E-state index contributed by atoms with van der Waals surface area (Å²) >= 11 is -3.04. The molecule has 120 valence electrons. The lowest BCUT2D eigenvalue weighted by Crippen LogP contribution is -2.67. The molecule has 0 aromatic heterocycles. The minimum atomic E-state index is -4.70. The molecule has 0 spiro atoms. The maximum atomic E-state index is 10.6. The summed E-state index contributed by atoms with van der Waals surface area (Å²) in [5.74, 6) is -3.06. The Morgan fingerprint density at radius 2 is 2.05 bits per heavy atom. The molecule has 1 aliphatic rings. The molecular weight excluding hydrogens is 326 g/mol. The van der Waals surface area contributed by atoms with Crippen LogP contribution in [0.25, 0.3) is 0 Å². The Labute approximate surface area is 115 Å². The van der Waals surface area contributed by atoms with Gasteiger partial charge in [0, 0.05) is 0 Å². The van der Waals surface area contributed by atoms with Gasteiger partial charge in [-0.25, -0.2) is 13.5 Å². The van der Waals surface area contributed by atoms with E-state index in [1.807, 2.05) is 0 Å². The first-order valence-electron chi connectivity index (χ1n) is 4.85. The lowest BCUT2D eigenvalue weighted by Gasteiger charge is -2.43. The van der Waals surface area contributed by atoms with E-state index in [2.05, 4.69) is 18.2 Å². The van der Waals surface area contributed by atoms with Crippen LogP contribution in [0.1, 0.15) is 0 Å². The molecule has 1 fully saturated rings. The summed E-state index contributed by atoms with van der Waals surface area (Å²) in [4.78, 5) is 0. The van der Waals surface area contributed by atoms with Crippen molar-refractivity contribution in [3.63, 3.8) is 0 Å². The molecule has 14 heteroatoms. The van der Waals surface area contributed by atoms with Crippen LogP contribution in [0.4, 0.5) is 0 Å². The highest BCUT2D eigenvalue weighted by Gasteiger charge is 2.55. The van der Waals surface area contributed by atoms with Crippen LogP contribution in [0, 0.1) is 0 Å². The van der Waals surface area contributed by atoms with E-state index in [0.717, 1.165) is 0 Å². The second-order valence-electron chi connectivity index (χ2n) is 3.78. The molecular formula is C6H12NO11S2-. The molecule has 1 aliphatic heterocycles. The number of rotatable bonds is 5. The number of nitrogens with two attached hydrogens (primary N) is 1. The molecule has 6 atom stereocenters. The van der Waals surface area contributed by atoms with Crippen LogP contribution in [-0.2, 0) is 34.8 Å². The topological polar surface area (TPSA) is 209 Å². The highest BCUT2D eigenvalue weighted by atomic mass is 32.2. The smallest absolute Gasteiger partial charge is 0.335 e. The standard InChI is InChI=1S/C6H13NO11S2/c7-20(14,15)18-5(10)6(11)4(9)3(8)2(1-16-6)17-19(12)13/h2-5,8-11H,1H2,(H,12,13)(H2,7,14,15)/p-1/t2-,3-,4+,5?,6+/m0/s1. The summed E-state index contributed by atoms with van der Waals surface area (Å²) < 4.78 is 54.3. The van der Waals surface area contributed by atoms with Crippen molar-refractivity contribution >= 4 is 21.7 Å².